The number of benzene rings is 2. The summed E-state index contributed by atoms with van der Waals surface area (Å²) >= 11 is 0. The molecule has 2 N–H and O–H groups in total. The van der Waals surface area contributed by atoms with Crippen LogP contribution in [0.4, 0.5) is 0 Å². The summed E-state index contributed by atoms with van der Waals surface area (Å²) in [5, 5.41) is 19.9. The second-order valence-corrected chi connectivity index (χ2v) is 11.1. The van der Waals surface area contributed by atoms with Crippen LogP contribution in [0, 0.1) is 19.3 Å². The Balaban J connectivity index is 2.38. The minimum absolute atomic E-state index is 0.0298. The SMILES string of the molecule is C=C(O)CN(C)C(=O)c1ccc(C(CC)(CC)c2ccc(CCC(O)C(C)(C)C)c(C)c2)cc1C. The van der Waals surface area contributed by atoms with Crippen LogP contribution in [0.2, 0.25) is 0 Å². The van der Waals surface area contributed by atoms with E-state index in [1.54, 1.807) is 7.05 Å². The third kappa shape index (κ3) is 6.55. The molecule has 35 heavy (non-hydrogen) atoms. The maximum atomic E-state index is 12.9. The first-order chi connectivity index (χ1) is 16.3. The Kier molecular flexibility index (Phi) is 9.36. The van der Waals surface area contributed by atoms with Crippen molar-refractivity contribution in [3.63, 3.8) is 0 Å². The van der Waals surface area contributed by atoms with Crippen molar-refractivity contribution in [3.8, 4) is 0 Å². The summed E-state index contributed by atoms with van der Waals surface area (Å²) in [7, 11) is 1.67. The van der Waals surface area contributed by atoms with Gasteiger partial charge < -0.3 is 15.1 Å². The standard InChI is InChI=1S/C31H45NO3/c1-10-31(11-2,25-14-12-24(21(3)18-25)13-17-28(34)30(6,7)8)26-15-16-27(22(4)19-26)29(35)32(9)20-23(5)33/h12,14-16,18-19,28,33-34H,5,10-11,13,17,20H2,1-4,6-9H3. The quantitative estimate of drug-likeness (QED) is 0.365. The largest absolute Gasteiger partial charge is 0.511 e. The van der Waals surface area contributed by atoms with Crippen molar-refractivity contribution in [2.24, 2.45) is 5.41 Å². The zero-order valence-electron chi connectivity index (χ0n) is 23.0. The van der Waals surface area contributed by atoms with Crippen LogP contribution in [0.25, 0.3) is 0 Å². The number of amides is 1. The van der Waals surface area contributed by atoms with E-state index in [0.29, 0.717) is 5.56 Å². The molecule has 1 unspecified atom stereocenters. The molecule has 0 bridgehead atoms. The number of nitrogens with zero attached hydrogens (tertiary/aromatic N) is 1. The van der Waals surface area contributed by atoms with Crippen molar-refractivity contribution >= 4 is 5.91 Å². The van der Waals surface area contributed by atoms with Crippen LogP contribution in [0.1, 0.15) is 92.1 Å². The lowest BCUT2D eigenvalue weighted by Crippen LogP contribution is -2.30. The Bertz CT molecular complexity index is 1040. The Hall–Kier alpha value is -2.59. The number of hydrogen-bond donors (Lipinski definition) is 2. The Labute approximate surface area is 212 Å². The molecule has 2 rings (SSSR count). The fourth-order valence-electron chi connectivity index (χ4n) is 4.98. The summed E-state index contributed by atoms with van der Waals surface area (Å²) in [4.78, 5) is 14.4. The zero-order valence-corrected chi connectivity index (χ0v) is 23.0. The topological polar surface area (TPSA) is 60.8 Å². The van der Waals surface area contributed by atoms with Crippen LogP contribution in [0.15, 0.2) is 48.7 Å². The van der Waals surface area contributed by atoms with Gasteiger partial charge in [-0.25, -0.2) is 0 Å². The Morgan fingerprint density at radius 2 is 1.54 bits per heavy atom. The molecule has 0 aliphatic carbocycles. The minimum atomic E-state index is -0.328. The van der Waals surface area contributed by atoms with Gasteiger partial charge in [0.05, 0.1) is 12.6 Å². The molecule has 0 saturated heterocycles. The van der Waals surface area contributed by atoms with E-state index in [9.17, 15) is 15.0 Å². The van der Waals surface area contributed by atoms with E-state index < -0.39 is 0 Å². The highest BCUT2D eigenvalue weighted by atomic mass is 16.3. The number of likely N-dealkylation sites (N-methyl/N-ethyl adjacent to an activating group) is 1. The summed E-state index contributed by atoms with van der Waals surface area (Å²) < 4.78 is 0. The van der Waals surface area contributed by atoms with Gasteiger partial charge in [0, 0.05) is 18.0 Å². The van der Waals surface area contributed by atoms with Crippen LogP contribution >= 0.6 is 0 Å². The second-order valence-electron chi connectivity index (χ2n) is 11.1. The fourth-order valence-corrected chi connectivity index (χ4v) is 4.98. The summed E-state index contributed by atoms with van der Waals surface area (Å²) in [5.41, 5.74) is 6.34. The van der Waals surface area contributed by atoms with Crippen molar-refractivity contribution in [1.82, 2.24) is 4.90 Å². The smallest absolute Gasteiger partial charge is 0.254 e. The number of aliphatic hydroxyl groups is 2. The summed E-state index contributed by atoms with van der Waals surface area (Å²) in [6, 6.07) is 12.9. The van der Waals surface area contributed by atoms with Gasteiger partial charge in [-0.05, 0) is 78.8 Å². The average Bonchev–Trinajstić information content (AvgIpc) is 2.78. The molecule has 192 valence electrons. The monoisotopic (exact) mass is 479 g/mol. The van der Waals surface area contributed by atoms with E-state index in [1.165, 1.54) is 27.2 Å². The molecule has 4 heteroatoms. The van der Waals surface area contributed by atoms with Crippen LogP contribution in [0.3, 0.4) is 0 Å². The van der Waals surface area contributed by atoms with E-state index in [1.807, 2.05) is 13.0 Å². The highest BCUT2D eigenvalue weighted by Crippen LogP contribution is 2.40. The molecule has 0 aliphatic heterocycles. The molecule has 0 saturated carbocycles. The molecule has 0 radical (unpaired) electrons. The predicted molar refractivity (Wildman–Crippen MR) is 146 cm³/mol. The molecule has 4 nitrogen and oxygen atoms in total. The molecule has 0 aliphatic rings. The van der Waals surface area contributed by atoms with Gasteiger partial charge in [-0.3, -0.25) is 4.79 Å². The van der Waals surface area contributed by atoms with Crippen LogP contribution < -0.4 is 0 Å². The molecule has 0 aromatic heterocycles. The molecular formula is C31H45NO3. The number of aryl methyl sites for hydroxylation is 3. The van der Waals surface area contributed by atoms with Gasteiger partial charge in [0.15, 0.2) is 0 Å². The average molecular weight is 480 g/mol. The molecule has 0 spiro atoms. The first-order valence-electron chi connectivity index (χ1n) is 12.8. The van der Waals surface area contributed by atoms with Crippen molar-refractivity contribution in [3.05, 3.63) is 82.1 Å². The van der Waals surface area contributed by atoms with Crippen molar-refractivity contribution in [2.75, 3.05) is 13.6 Å². The van der Waals surface area contributed by atoms with Crippen molar-refractivity contribution < 1.29 is 15.0 Å². The first-order valence-corrected chi connectivity index (χ1v) is 12.8. The van der Waals surface area contributed by atoms with Gasteiger partial charge >= 0.3 is 0 Å². The third-order valence-corrected chi connectivity index (χ3v) is 7.56. The van der Waals surface area contributed by atoms with E-state index in [0.717, 1.165) is 31.2 Å². The lowest BCUT2D eigenvalue weighted by Gasteiger charge is -2.34. The van der Waals surface area contributed by atoms with E-state index in [2.05, 4.69) is 78.5 Å². The summed E-state index contributed by atoms with van der Waals surface area (Å²) in [5.74, 6) is -0.154. The molecule has 1 amide bonds. The van der Waals surface area contributed by atoms with Gasteiger partial charge in [-0.1, -0.05) is 71.5 Å². The lowest BCUT2D eigenvalue weighted by molar-refractivity contribution is 0.0559. The molecule has 2 aromatic carbocycles. The Morgan fingerprint density at radius 1 is 1.00 bits per heavy atom. The van der Waals surface area contributed by atoms with E-state index in [4.69, 9.17) is 0 Å². The number of carbonyl (C=O) groups excluding carboxylic acids is 1. The number of aliphatic hydroxyl groups excluding tert-OH is 2. The minimum Gasteiger partial charge on any atom is -0.511 e. The van der Waals surface area contributed by atoms with E-state index in [-0.39, 0.29) is 35.1 Å². The molecule has 0 fully saturated rings. The first kappa shape index (κ1) is 28.6. The molecular weight excluding hydrogens is 434 g/mol. The highest BCUT2D eigenvalue weighted by molar-refractivity contribution is 5.95. The normalized spacial score (nSPS) is 12.9. The highest BCUT2D eigenvalue weighted by Gasteiger charge is 2.32. The van der Waals surface area contributed by atoms with Crippen molar-refractivity contribution in [1.29, 1.82) is 0 Å². The van der Waals surface area contributed by atoms with Crippen LogP contribution in [-0.4, -0.2) is 40.7 Å². The molecule has 2 aromatic rings. The van der Waals surface area contributed by atoms with Gasteiger partial charge in [-0.2, -0.15) is 0 Å². The van der Waals surface area contributed by atoms with Gasteiger partial charge in [0.2, 0.25) is 0 Å². The number of rotatable bonds is 10. The number of hydrogen-bond acceptors (Lipinski definition) is 3. The van der Waals surface area contributed by atoms with Crippen molar-refractivity contribution in [2.45, 2.75) is 85.7 Å². The summed E-state index contributed by atoms with van der Waals surface area (Å²) in [6.45, 7) is 18.4. The third-order valence-electron chi connectivity index (χ3n) is 7.56. The van der Waals surface area contributed by atoms with Crippen LogP contribution in [-0.2, 0) is 11.8 Å². The van der Waals surface area contributed by atoms with Crippen LogP contribution in [0.5, 0.6) is 0 Å². The summed E-state index contributed by atoms with van der Waals surface area (Å²) in [6.07, 6.45) is 3.18. The second kappa shape index (κ2) is 11.4. The maximum absolute atomic E-state index is 12.9. The van der Waals surface area contributed by atoms with Gasteiger partial charge in [0.25, 0.3) is 5.91 Å². The fraction of sp³-hybridized carbons (Fsp3) is 0.516. The number of carbonyl (C=O) groups is 1. The maximum Gasteiger partial charge on any atom is 0.254 e. The Morgan fingerprint density at radius 3 is 2.00 bits per heavy atom. The molecule has 0 heterocycles. The zero-order chi connectivity index (χ0) is 26.6. The predicted octanol–water partition coefficient (Wildman–Crippen LogP) is 6.89. The van der Waals surface area contributed by atoms with E-state index >= 15 is 0 Å². The van der Waals surface area contributed by atoms with Gasteiger partial charge in [-0.15, -0.1) is 0 Å². The lowest BCUT2D eigenvalue weighted by atomic mass is 9.69. The van der Waals surface area contributed by atoms with Gasteiger partial charge in [0.1, 0.15) is 5.76 Å². The molecule has 1 atom stereocenters.